The van der Waals surface area contributed by atoms with Gasteiger partial charge in [0.05, 0.1) is 43.2 Å². The van der Waals surface area contributed by atoms with Crippen molar-refractivity contribution in [2.45, 2.75) is 25.7 Å². The second kappa shape index (κ2) is 6.97. The molecule has 1 aliphatic heterocycles. The van der Waals surface area contributed by atoms with E-state index in [2.05, 4.69) is 15.0 Å². The molecule has 2 aromatic heterocycles. The smallest absolute Gasteiger partial charge is 0.246 e. The van der Waals surface area contributed by atoms with E-state index in [0.717, 1.165) is 24.5 Å². The average Bonchev–Trinajstić information content (AvgIpc) is 3.13. The second-order valence-corrected chi connectivity index (χ2v) is 7.13. The van der Waals surface area contributed by atoms with Gasteiger partial charge in [-0.05, 0) is 28.2 Å². The molecule has 3 heterocycles. The van der Waals surface area contributed by atoms with E-state index in [1.807, 2.05) is 60.5 Å². The fraction of sp³-hybridized carbons (Fsp3) is 0.588. The number of imidazole rings is 1. The minimum absolute atomic E-state index is 0.108. The highest BCUT2D eigenvalue weighted by Gasteiger charge is 2.32. The van der Waals surface area contributed by atoms with Crippen molar-refractivity contribution in [3.63, 3.8) is 0 Å². The normalized spacial score (nSPS) is 15.7. The molecule has 136 valence electrons. The molecule has 0 spiro atoms. The van der Waals surface area contributed by atoms with Crippen LogP contribution in [-0.4, -0.2) is 74.7 Å². The van der Waals surface area contributed by atoms with Crippen LogP contribution >= 0.6 is 0 Å². The molecular formula is C17H27N7O. The zero-order chi connectivity index (χ0) is 18.1. The molecule has 2 aromatic rings. The molecule has 8 heteroatoms. The van der Waals surface area contributed by atoms with Crippen LogP contribution in [0.25, 0.3) is 0 Å². The summed E-state index contributed by atoms with van der Waals surface area (Å²) in [5, 5.41) is 4.48. The van der Waals surface area contributed by atoms with E-state index in [1.165, 1.54) is 5.56 Å². The number of aryl methyl sites for hydroxylation is 1. The van der Waals surface area contributed by atoms with Gasteiger partial charge in [0.15, 0.2) is 0 Å². The van der Waals surface area contributed by atoms with Crippen LogP contribution in [0.4, 0.5) is 0 Å². The third-order valence-corrected chi connectivity index (χ3v) is 4.64. The summed E-state index contributed by atoms with van der Waals surface area (Å²) in [4.78, 5) is 23.4. The van der Waals surface area contributed by atoms with Gasteiger partial charge in [-0.15, -0.1) is 0 Å². The minimum Gasteiger partial charge on any atom is -0.336 e. The third kappa shape index (κ3) is 3.45. The third-order valence-electron chi connectivity index (χ3n) is 4.64. The Morgan fingerprint density at radius 3 is 2.60 bits per heavy atom. The van der Waals surface area contributed by atoms with Crippen molar-refractivity contribution < 1.29 is 4.79 Å². The average molecular weight is 345 g/mol. The summed E-state index contributed by atoms with van der Waals surface area (Å²) in [5.41, 5.74) is 3.22. The Morgan fingerprint density at radius 1 is 1.24 bits per heavy atom. The number of rotatable bonds is 5. The molecule has 1 aliphatic rings. The second-order valence-electron chi connectivity index (χ2n) is 7.13. The van der Waals surface area contributed by atoms with E-state index in [0.29, 0.717) is 13.1 Å². The van der Waals surface area contributed by atoms with Gasteiger partial charge in [0.1, 0.15) is 6.04 Å². The molecular weight excluding hydrogens is 318 g/mol. The molecule has 0 radical (unpaired) electrons. The monoisotopic (exact) mass is 345 g/mol. The van der Waals surface area contributed by atoms with E-state index in [4.69, 9.17) is 0 Å². The van der Waals surface area contributed by atoms with Gasteiger partial charge in [0.2, 0.25) is 5.91 Å². The first-order valence-corrected chi connectivity index (χ1v) is 8.48. The summed E-state index contributed by atoms with van der Waals surface area (Å²) in [6.45, 7) is 2.84. The van der Waals surface area contributed by atoms with Crippen molar-refractivity contribution in [1.82, 2.24) is 34.0 Å². The molecule has 0 N–H and O–H groups in total. The molecule has 1 atom stereocenters. The van der Waals surface area contributed by atoms with E-state index in [1.54, 1.807) is 12.5 Å². The predicted molar refractivity (Wildman–Crippen MR) is 94.7 cm³/mol. The van der Waals surface area contributed by atoms with E-state index in [-0.39, 0.29) is 11.9 Å². The molecule has 25 heavy (non-hydrogen) atoms. The molecule has 0 saturated carbocycles. The van der Waals surface area contributed by atoms with Gasteiger partial charge in [-0.1, -0.05) is 0 Å². The quantitative estimate of drug-likeness (QED) is 0.781. The fourth-order valence-corrected chi connectivity index (χ4v) is 3.38. The van der Waals surface area contributed by atoms with Crippen LogP contribution < -0.4 is 0 Å². The number of carbonyl (C=O) groups excluding carboxylic acids is 1. The molecule has 0 saturated heterocycles. The standard InChI is InChI=1S/C17H27N7O/c1-20(2)10-13-8-19-24-7-6-23(11-15(13)24)17(25)16(21(3)4)14-9-18-12-22(14)5/h8-9,12,16H,6-7,10-11H2,1-5H3. The summed E-state index contributed by atoms with van der Waals surface area (Å²) < 4.78 is 3.94. The molecule has 3 rings (SSSR count). The maximum Gasteiger partial charge on any atom is 0.246 e. The summed E-state index contributed by atoms with van der Waals surface area (Å²) >= 11 is 0. The van der Waals surface area contributed by atoms with Crippen molar-refractivity contribution in [2.24, 2.45) is 7.05 Å². The first kappa shape index (κ1) is 17.6. The fourth-order valence-electron chi connectivity index (χ4n) is 3.38. The van der Waals surface area contributed by atoms with Crippen LogP contribution in [0.2, 0.25) is 0 Å². The molecule has 0 aromatic carbocycles. The van der Waals surface area contributed by atoms with Gasteiger partial charge < -0.3 is 14.4 Å². The Labute approximate surface area is 148 Å². The van der Waals surface area contributed by atoms with Crippen LogP contribution in [-0.2, 0) is 31.5 Å². The summed E-state index contributed by atoms with van der Waals surface area (Å²) in [6.07, 6.45) is 5.43. The Bertz CT molecular complexity index is 746. The van der Waals surface area contributed by atoms with Crippen LogP contribution in [0.5, 0.6) is 0 Å². The van der Waals surface area contributed by atoms with Crippen LogP contribution in [0, 0.1) is 0 Å². The zero-order valence-corrected chi connectivity index (χ0v) is 15.7. The largest absolute Gasteiger partial charge is 0.336 e. The topological polar surface area (TPSA) is 62.4 Å². The summed E-state index contributed by atoms with van der Waals surface area (Å²) in [6, 6.07) is -0.334. The molecule has 0 bridgehead atoms. The Hall–Kier alpha value is -2.19. The van der Waals surface area contributed by atoms with E-state index in [9.17, 15) is 4.79 Å². The number of aromatic nitrogens is 4. The number of hydrogen-bond donors (Lipinski definition) is 0. The predicted octanol–water partition coefficient (Wildman–Crippen LogP) is 0.323. The molecule has 8 nitrogen and oxygen atoms in total. The van der Waals surface area contributed by atoms with Crippen molar-refractivity contribution in [3.8, 4) is 0 Å². The van der Waals surface area contributed by atoms with E-state index >= 15 is 0 Å². The molecule has 1 amide bonds. The van der Waals surface area contributed by atoms with Gasteiger partial charge in [-0.2, -0.15) is 5.10 Å². The highest BCUT2D eigenvalue weighted by molar-refractivity contribution is 5.83. The summed E-state index contributed by atoms with van der Waals surface area (Å²) in [7, 11) is 9.87. The number of fused-ring (bicyclic) bond motifs is 1. The highest BCUT2D eigenvalue weighted by atomic mass is 16.2. The Balaban J connectivity index is 1.84. The van der Waals surface area contributed by atoms with Crippen LogP contribution in [0.1, 0.15) is 23.0 Å². The van der Waals surface area contributed by atoms with Gasteiger partial charge in [0.25, 0.3) is 0 Å². The van der Waals surface area contributed by atoms with Crippen molar-refractivity contribution in [2.75, 3.05) is 34.7 Å². The maximum absolute atomic E-state index is 13.3. The van der Waals surface area contributed by atoms with Gasteiger partial charge in [-0.25, -0.2) is 4.98 Å². The number of hydrogen-bond acceptors (Lipinski definition) is 5. The number of amides is 1. The van der Waals surface area contributed by atoms with Gasteiger partial charge in [-0.3, -0.25) is 14.4 Å². The lowest BCUT2D eigenvalue weighted by atomic mass is 10.1. The van der Waals surface area contributed by atoms with Crippen molar-refractivity contribution in [3.05, 3.63) is 35.7 Å². The molecule has 0 aliphatic carbocycles. The maximum atomic E-state index is 13.3. The lowest BCUT2D eigenvalue weighted by Gasteiger charge is -2.34. The first-order valence-electron chi connectivity index (χ1n) is 8.48. The van der Waals surface area contributed by atoms with Crippen LogP contribution in [0.3, 0.4) is 0 Å². The molecule has 1 unspecified atom stereocenters. The van der Waals surface area contributed by atoms with Gasteiger partial charge >= 0.3 is 0 Å². The lowest BCUT2D eigenvalue weighted by Crippen LogP contribution is -2.45. The number of nitrogens with zero attached hydrogens (tertiary/aromatic N) is 7. The van der Waals surface area contributed by atoms with Crippen molar-refractivity contribution >= 4 is 5.91 Å². The number of carbonyl (C=O) groups is 1. The minimum atomic E-state index is -0.334. The van der Waals surface area contributed by atoms with E-state index < -0.39 is 0 Å². The lowest BCUT2D eigenvalue weighted by molar-refractivity contribution is -0.138. The zero-order valence-electron chi connectivity index (χ0n) is 15.7. The van der Waals surface area contributed by atoms with Gasteiger partial charge in [0, 0.05) is 25.7 Å². The Morgan fingerprint density at radius 2 is 2.00 bits per heavy atom. The first-order chi connectivity index (χ1) is 11.9. The number of likely N-dealkylation sites (N-methyl/N-ethyl adjacent to an activating group) is 1. The van der Waals surface area contributed by atoms with Crippen LogP contribution in [0.15, 0.2) is 18.7 Å². The highest BCUT2D eigenvalue weighted by Crippen LogP contribution is 2.24. The van der Waals surface area contributed by atoms with Crippen molar-refractivity contribution in [1.29, 1.82) is 0 Å². The molecule has 0 fully saturated rings. The summed E-state index contributed by atoms with van der Waals surface area (Å²) in [5.74, 6) is 0.108. The Kier molecular flexibility index (Phi) is 4.91. The SMILES string of the molecule is CN(C)Cc1cnn2c1CN(C(=O)C(c1cncn1C)N(C)C)CC2.